The first-order valence-corrected chi connectivity index (χ1v) is 9.39. The number of carbonyl (C=O) groups excluding carboxylic acids is 1. The number of thiazole rings is 1. The summed E-state index contributed by atoms with van der Waals surface area (Å²) < 4.78 is 5.21. The predicted molar refractivity (Wildman–Crippen MR) is 95.0 cm³/mol. The third-order valence-corrected chi connectivity index (χ3v) is 4.90. The molecule has 1 amide bonds. The summed E-state index contributed by atoms with van der Waals surface area (Å²) in [7, 11) is 1.63. The number of carbonyl (C=O) groups is 1. The highest BCUT2D eigenvalue weighted by Crippen LogP contribution is 2.27. The lowest BCUT2D eigenvalue weighted by atomic mass is 10.2. The number of hydrogen-bond donors (Lipinski definition) is 2. The Bertz CT molecular complexity index is 646. The molecule has 0 aliphatic heterocycles. The summed E-state index contributed by atoms with van der Waals surface area (Å²) in [5, 5.41) is 13.3. The lowest BCUT2D eigenvalue weighted by Gasteiger charge is -2.09. The molecule has 2 N–H and O–H groups in total. The highest BCUT2D eigenvalue weighted by Gasteiger charge is 2.14. The van der Waals surface area contributed by atoms with Crippen molar-refractivity contribution in [1.82, 2.24) is 10.3 Å². The predicted octanol–water partition coefficient (Wildman–Crippen LogP) is 2.55. The fourth-order valence-electron chi connectivity index (χ4n) is 1.93. The van der Waals surface area contributed by atoms with Gasteiger partial charge in [0, 0.05) is 16.6 Å². The number of methoxy groups -OCH3 is 1. The Morgan fingerprint density at radius 3 is 3.09 bits per heavy atom. The molecule has 0 aliphatic rings. The zero-order valence-electron chi connectivity index (χ0n) is 13.1. The Labute approximate surface area is 144 Å². The molecule has 1 heterocycles. The maximum Gasteiger partial charge on any atom is 0.249 e. The summed E-state index contributed by atoms with van der Waals surface area (Å²) in [5.74, 6) is 1.20. The van der Waals surface area contributed by atoms with Crippen molar-refractivity contribution < 1.29 is 14.6 Å². The quantitative estimate of drug-likeness (QED) is 0.764. The third-order valence-electron chi connectivity index (χ3n) is 3.21. The number of benzene rings is 1. The van der Waals surface area contributed by atoms with E-state index in [2.05, 4.69) is 10.3 Å². The Balaban J connectivity index is 1.93. The summed E-state index contributed by atoms with van der Waals surface area (Å²) in [6.07, 6.45) is 3.20. The average Bonchev–Trinajstić information content (AvgIpc) is 3.06. The number of aliphatic hydroxyl groups is 1. The van der Waals surface area contributed by atoms with Gasteiger partial charge in [-0.25, -0.2) is 4.98 Å². The molecule has 0 unspecified atom stereocenters. The van der Waals surface area contributed by atoms with Crippen molar-refractivity contribution in [2.24, 2.45) is 0 Å². The maximum atomic E-state index is 11.8. The highest BCUT2D eigenvalue weighted by atomic mass is 32.2. The molecule has 1 atom stereocenters. The van der Waals surface area contributed by atoms with Gasteiger partial charge in [-0.05, 0) is 30.6 Å². The SMILES string of the molecule is COc1cccc(-c2ncc(CNC(=O)[C@H](O)CCSC)s2)c1. The van der Waals surface area contributed by atoms with Crippen LogP contribution in [0.5, 0.6) is 5.75 Å². The zero-order valence-corrected chi connectivity index (χ0v) is 14.7. The molecule has 0 saturated heterocycles. The Kier molecular flexibility index (Phi) is 6.88. The summed E-state index contributed by atoms with van der Waals surface area (Å²) in [6.45, 7) is 0.372. The van der Waals surface area contributed by atoms with Gasteiger partial charge in [0.05, 0.1) is 13.7 Å². The van der Waals surface area contributed by atoms with E-state index in [1.165, 1.54) is 11.3 Å². The molecule has 0 bridgehead atoms. The molecule has 124 valence electrons. The van der Waals surface area contributed by atoms with Crippen molar-refractivity contribution in [2.75, 3.05) is 19.1 Å². The maximum absolute atomic E-state index is 11.8. The largest absolute Gasteiger partial charge is 0.497 e. The van der Waals surface area contributed by atoms with E-state index >= 15 is 0 Å². The average molecular weight is 352 g/mol. The molecule has 0 spiro atoms. The molecule has 1 aromatic heterocycles. The highest BCUT2D eigenvalue weighted by molar-refractivity contribution is 7.98. The molecule has 5 nitrogen and oxygen atoms in total. The van der Waals surface area contributed by atoms with Gasteiger partial charge in [-0.3, -0.25) is 4.79 Å². The summed E-state index contributed by atoms with van der Waals surface area (Å²) in [5.41, 5.74) is 0.979. The van der Waals surface area contributed by atoms with E-state index in [1.807, 2.05) is 30.5 Å². The molecule has 0 saturated carbocycles. The Morgan fingerprint density at radius 2 is 2.35 bits per heavy atom. The molecule has 23 heavy (non-hydrogen) atoms. The number of aromatic nitrogens is 1. The van der Waals surface area contributed by atoms with E-state index < -0.39 is 6.10 Å². The molecule has 2 aromatic rings. The molecule has 0 fully saturated rings. The fourth-order valence-corrected chi connectivity index (χ4v) is 3.24. The number of nitrogens with zero attached hydrogens (tertiary/aromatic N) is 1. The van der Waals surface area contributed by atoms with Crippen LogP contribution in [0.2, 0.25) is 0 Å². The molecule has 2 rings (SSSR count). The normalized spacial score (nSPS) is 12.0. The minimum absolute atomic E-state index is 0.338. The van der Waals surface area contributed by atoms with Gasteiger partial charge in [-0.1, -0.05) is 12.1 Å². The van der Waals surface area contributed by atoms with Crippen molar-refractivity contribution in [3.63, 3.8) is 0 Å². The van der Waals surface area contributed by atoms with E-state index in [0.717, 1.165) is 27.0 Å². The lowest BCUT2D eigenvalue weighted by molar-refractivity contribution is -0.129. The van der Waals surface area contributed by atoms with Crippen LogP contribution in [0.3, 0.4) is 0 Å². The minimum Gasteiger partial charge on any atom is -0.497 e. The second-order valence-corrected chi connectivity index (χ2v) is 6.98. The Hall–Kier alpha value is -1.57. The van der Waals surface area contributed by atoms with Crippen molar-refractivity contribution in [3.05, 3.63) is 35.3 Å². The van der Waals surface area contributed by atoms with Crippen molar-refractivity contribution in [3.8, 4) is 16.3 Å². The van der Waals surface area contributed by atoms with E-state index in [9.17, 15) is 9.90 Å². The molecule has 0 aliphatic carbocycles. The van der Waals surface area contributed by atoms with Gasteiger partial charge < -0.3 is 15.2 Å². The van der Waals surface area contributed by atoms with Crippen LogP contribution >= 0.6 is 23.1 Å². The number of hydrogen-bond acceptors (Lipinski definition) is 6. The number of rotatable bonds is 8. The van der Waals surface area contributed by atoms with Gasteiger partial charge in [-0.2, -0.15) is 11.8 Å². The van der Waals surface area contributed by atoms with Crippen molar-refractivity contribution >= 4 is 29.0 Å². The topological polar surface area (TPSA) is 71.5 Å². The van der Waals surface area contributed by atoms with Gasteiger partial charge in [0.15, 0.2) is 0 Å². The van der Waals surface area contributed by atoms with E-state index in [-0.39, 0.29) is 5.91 Å². The van der Waals surface area contributed by atoms with E-state index in [0.29, 0.717) is 13.0 Å². The van der Waals surface area contributed by atoms with Crippen LogP contribution in [-0.4, -0.2) is 41.2 Å². The summed E-state index contributed by atoms with van der Waals surface area (Å²) >= 11 is 3.12. The molecule has 0 radical (unpaired) electrons. The van der Waals surface area contributed by atoms with Crippen molar-refractivity contribution in [1.29, 1.82) is 0 Å². The second-order valence-electron chi connectivity index (χ2n) is 4.88. The monoisotopic (exact) mass is 352 g/mol. The van der Waals surface area contributed by atoms with Crippen LogP contribution in [-0.2, 0) is 11.3 Å². The van der Waals surface area contributed by atoms with Gasteiger partial charge >= 0.3 is 0 Å². The Morgan fingerprint density at radius 1 is 1.52 bits per heavy atom. The van der Waals surface area contributed by atoms with Crippen LogP contribution in [0.4, 0.5) is 0 Å². The van der Waals surface area contributed by atoms with Gasteiger partial charge in [0.2, 0.25) is 5.91 Å². The van der Waals surface area contributed by atoms with E-state index in [1.54, 1.807) is 25.1 Å². The standard InChI is InChI=1S/C16H20N2O3S2/c1-21-12-5-3-4-11(8-12)16-18-10-13(23-16)9-17-15(20)14(19)6-7-22-2/h3-5,8,10,14,19H,6-7,9H2,1-2H3,(H,17,20)/t14-/m1/s1. The van der Waals surface area contributed by atoms with Crippen LogP contribution < -0.4 is 10.1 Å². The number of amides is 1. The first kappa shape index (κ1) is 17.8. The van der Waals surface area contributed by atoms with Crippen LogP contribution in [0.25, 0.3) is 10.6 Å². The van der Waals surface area contributed by atoms with Crippen LogP contribution in [0, 0.1) is 0 Å². The molecule has 7 heteroatoms. The van der Waals surface area contributed by atoms with Crippen LogP contribution in [0.15, 0.2) is 30.5 Å². The van der Waals surface area contributed by atoms with E-state index in [4.69, 9.17) is 4.74 Å². The smallest absolute Gasteiger partial charge is 0.249 e. The van der Waals surface area contributed by atoms with Gasteiger partial charge in [-0.15, -0.1) is 11.3 Å². The summed E-state index contributed by atoms with van der Waals surface area (Å²) in [4.78, 5) is 17.1. The second kappa shape index (κ2) is 8.90. The zero-order chi connectivity index (χ0) is 16.7. The molecule has 1 aromatic carbocycles. The molecular formula is C16H20N2O3S2. The number of nitrogens with one attached hydrogen (secondary N) is 1. The third kappa shape index (κ3) is 5.23. The first-order chi connectivity index (χ1) is 11.1. The number of aliphatic hydroxyl groups excluding tert-OH is 1. The molecular weight excluding hydrogens is 332 g/mol. The number of ether oxygens (including phenoxy) is 1. The number of thioether (sulfide) groups is 1. The minimum atomic E-state index is -0.951. The fraction of sp³-hybridized carbons (Fsp3) is 0.375. The summed E-state index contributed by atoms with van der Waals surface area (Å²) in [6, 6.07) is 7.69. The van der Waals surface area contributed by atoms with Crippen LogP contribution in [0.1, 0.15) is 11.3 Å². The van der Waals surface area contributed by atoms with Crippen molar-refractivity contribution in [2.45, 2.75) is 19.1 Å². The first-order valence-electron chi connectivity index (χ1n) is 7.18. The lowest BCUT2D eigenvalue weighted by Crippen LogP contribution is -2.34. The van der Waals surface area contributed by atoms with Gasteiger partial charge in [0.25, 0.3) is 0 Å². The van der Waals surface area contributed by atoms with Gasteiger partial charge in [0.1, 0.15) is 16.9 Å².